The number of carbonyl (C=O) groups is 1. The zero-order valence-corrected chi connectivity index (χ0v) is 16.6. The van der Waals surface area contributed by atoms with Crippen molar-refractivity contribution >= 4 is 32.6 Å². The number of carbonyl (C=O) groups excluding carboxylic acids is 1. The summed E-state index contributed by atoms with van der Waals surface area (Å²) in [7, 11) is 0. The number of nitrogens with zero attached hydrogens (tertiary/aromatic N) is 2. The minimum Gasteiger partial charge on any atom is -0.494 e. The van der Waals surface area contributed by atoms with Crippen molar-refractivity contribution < 1.29 is 14.3 Å². The summed E-state index contributed by atoms with van der Waals surface area (Å²) in [5.74, 6) is 1.10. The van der Waals surface area contributed by atoms with Crippen molar-refractivity contribution in [2.75, 3.05) is 37.8 Å². The molecule has 0 spiro atoms. The van der Waals surface area contributed by atoms with Gasteiger partial charge in [0.05, 0.1) is 22.7 Å². The predicted octanol–water partition coefficient (Wildman–Crippen LogP) is 3.21. The molecule has 2 aromatic rings. The van der Waals surface area contributed by atoms with E-state index in [1.807, 2.05) is 19.1 Å². The zero-order valence-electron chi connectivity index (χ0n) is 15.8. The summed E-state index contributed by atoms with van der Waals surface area (Å²) in [6.07, 6.45) is 3.81. The lowest BCUT2D eigenvalue weighted by Gasteiger charge is -2.33. The Morgan fingerprint density at radius 2 is 2.22 bits per heavy atom. The van der Waals surface area contributed by atoms with Gasteiger partial charge in [0.25, 0.3) is 0 Å². The fourth-order valence-electron chi connectivity index (χ4n) is 3.81. The quantitative estimate of drug-likeness (QED) is 0.851. The molecule has 2 saturated heterocycles. The second-order valence-corrected chi connectivity index (χ2v) is 8.25. The smallest absolute Gasteiger partial charge is 0.225 e. The van der Waals surface area contributed by atoms with Crippen molar-refractivity contribution in [3.8, 4) is 5.75 Å². The summed E-state index contributed by atoms with van der Waals surface area (Å²) in [6, 6.07) is 6.30. The van der Waals surface area contributed by atoms with Gasteiger partial charge in [0.1, 0.15) is 5.75 Å². The number of thiazole rings is 1. The van der Waals surface area contributed by atoms with Gasteiger partial charge in [-0.05, 0) is 50.8 Å². The van der Waals surface area contributed by atoms with Crippen LogP contribution in [0.2, 0.25) is 0 Å². The van der Waals surface area contributed by atoms with Gasteiger partial charge < -0.3 is 19.7 Å². The molecule has 7 heteroatoms. The highest BCUT2D eigenvalue weighted by molar-refractivity contribution is 7.22. The number of aromatic nitrogens is 1. The van der Waals surface area contributed by atoms with E-state index in [9.17, 15) is 4.79 Å². The highest BCUT2D eigenvalue weighted by Crippen LogP contribution is 2.33. The predicted molar refractivity (Wildman–Crippen MR) is 108 cm³/mol. The lowest BCUT2D eigenvalue weighted by Crippen LogP contribution is -2.47. The molecule has 3 heterocycles. The zero-order chi connectivity index (χ0) is 18.6. The number of amides is 1. The summed E-state index contributed by atoms with van der Waals surface area (Å²) in [5.41, 5.74) is 0.993. The second kappa shape index (κ2) is 8.44. The van der Waals surface area contributed by atoms with Crippen LogP contribution < -0.4 is 15.0 Å². The second-order valence-electron chi connectivity index (χ2n) is 7.24. The normalized spacial score (nSPS) is 21.4. The van der Waals surface area contributed by atoms with Gasteiger partial charge in [-0.1, -0.05) is 11.3 Å². The minimum absolute atomic E-state index is 0.0348. The fourth-order valence-corrected chi connectivity index (χ4v) is 4.84. The lowest BCUT2D eigenvalue weighted by atomic mass is 9.96. The number of fused-ring (bicyclic) bond motifs is 1. The monoisotopic (exact) mass is 389 g/mol. The van der Waals surface area contributed by atoms with E-state index in [1.165, 1.54) is 0 Å². The Bertz CT molecular complexity index is 788. The van der Waals surface area contributed by atoms with Crippen molar-refractivity contribution in [1.82, 2.24) is 10.3 Å². The molecule has 146 valence electrons. The van der Waals surface area contributed by atoms with E-state index < -0.39 is 0 Å². The molecule has 6 nitrogen and oxygen atoms in total. The number of anilines is 1. The van der Waals surface area contributed by atoms with E-state index in [1.54, 1.807) is 11.3 Å². The van der Waals surface area contributed by atoms with Crippen LogP contribution in [0.5, 0.6) is 5.75 Å². The van der Waals surface area contributed by atoms with Gasteiger partial charge in [0.2, 0.25) is 5.91 Å². The highest BCUT2D eigenvalue weighted by atomic mass is 32.1. The Hall–Kier alpha value is -1.86. The van der Waals surface area contributed by atoms with Gasteiger partial charge in [-0.3, -0.25) is 4.79 Å². The van der Waals surface area contributed by atoms with Crippen LogP contribution in [0, 0.1) is 5.92 Å². The lowest BCUT2D eigenvalue weighted by molar-refractivity contribution is -0.126. The van der Waals surface area contributed by atoms with E-state index >= 15 is 0 Å². The Labute approximate surface area is 163 Å². The maximum Gasteiger partial charge on any atom is 0.225 e. The maximum atomic E-state index is 12.7. The number of nitrogens with one attached hydrogen (secondary N) is 1. The standard InChI is InChI=1S/C20H27N3O3S/c1-2-26-16-5-6-17-18(12-16)27-20(22-17)23-9-3-4-14(13-23)19(24)21-15-7-10-25-11-8-15/h5-6,12,14-15H,2-4,7-11,13H2,1H3,(H,21,24). The Morgan fingerprint density at radius 1 is 1.37 bits per heavy atom. The molecule has 1 N–H and O–H groups in total. The summed E-state index contributed by atoms with van der Waals surface area (Å²) >= 11 is 1.68. The molecule has 0 bridgehead atoms. The van der Waals surface area contributed by atoms with Crippen LogP contribution >= 0.6 is 11.3 Å². The molecule has 1 amide bonds. The molecule has 1 unspecified atom stereocenters. The molecule has 0 aliphatic carbocycles. The molecule has 2 aliphatic rings. The van der Waals surface area contributed by atoms with Gasteiger partial charge in [-0.15, -0.1) is 0 Å². The maximum absolute atomic E-state index is 12.7. The Kier molecular flexibility index (Phi) is 5.78. The van der Waals surface area contributed by atoms with Crippen molar-refractivity contribution in [1.29, 1.82) is 0 Å². The van der Waals surface area contributed by atoms with Crippen molar-refractivity contribution in [3.63, 3.8) is 0 Å². The van der Waals surface area contributed by atoms with Gasteiger partial charge in [-0.2, -0.15) is 0 Å². The van der Waals surface area contributed by atoms with Crippen LogP contribution in [0.1, 0.15) is 32.6 Å². The number of rotatable bonds is 5. The Balaban J connectivity index is 1.42. The van der Waals surface area contributed by atoms with Gasteiger partial charge in [-0.25, -0.2) is 4.98 Å². The van der Waals surface area contributed by atoms with E-state index in [0.717, 1.165) is 73.1 Å². The van der Waals surface area contributed by atoms with Gasteiger partial charge in [0.15, 0.2) is 5.13 Å². The number of benzene rings is 1. The van der Waals surface area contributed by atoms with E-state index in [0.29, 0.717) is 6.61 Å². The van der Waals surface area contributed by atoms with E-state index in [-0.39, 0.29) is 17.9 Å². The van der Waals surface area contributed by atoms with Crippen LogP contribution in [0.15, 0.2) is 18.2 Å². The molecule has 27 heavy (non-hydrogen) atoms. The van der Waals surface area contributed by atoms with Crippen molar-refractivity contribution in [3.05, 3.63) is 18.2 Å². The van der Waals surface area contributed by atoms with Gasteiger partial charge >= 0.3 is 0 Å². The summed E-state index contributed by atoms with van der Waals surface area (Å²) < 4.78 is 12.1. The van der Waals surface area contributed by atoms with Crippen LogP contribution in [-0.4, -0.2) is 49.8 Å². The molecule has 0 saturated carbocycles. The fraction of sp³-hybridized carbons (Fsp3) is 0.600. The third-order valence-corrected chi connectivity index (χ3v) is 6.37. The summed E-state index contributed by atoms with van der Waals surface area (Å²) in [6.45, 7) is 5.84. The molecular weight excluding hydrogens is 362 g/mol. The molecular formula is C20H27N3O3S. The summed E-state index contributed by atoms with van der Waals surface area (Å²) in [5, 5.41) is 4.23. The molecule has 1 aromatic heterocycles. The first kappa shape index (κ1) is 18.5. The number of hydrogen-bond acceptors (Lipinski definition) is 6. The SMILES string of the molecule is CCOc1ccc2nc(N3CCCC(C(=O)NC4CCOCC4)C3)sc2c1. The molecule has 0 radical (unpaired) electrons. The van der Waals surface area contributed by atoms with Crippen molar-refractivity contribution in [2.45, 2.75) is 38.6 Å². The van der Waals surface area contributed by atoms with E-state index in [2.05, 4.69) is 16.3 Å². The van der Waals surface area contributed by atoms with Crippen LogP contribution in [-0.2, 0) is 9.53 Å². The number of ether oxygens (including phenoxy) is 2. The van der Waals surface area contributed by atoms with Crippen LogP contribution in [0.25, 0.3) is 10.2 Å². The highest BCUT2D eigenvalue weighted by Gasteiger charge is 2.29. The molecule has 1 atom stereocenters. The molecule has 2 aliphatic heterocycles. The van der Waals surface area contributed by atoms with E-state index in [4.69, 9.17) is 14.5 Å². The third kappa shape index (κ3) is 4.35. The first-order chi connectivity index (χ1) is 13.2. The average molecular weight is 390 g/mol. The largest absolute Gasteiger partial charge is 0.494 e. The number of hydrogen-bond donors (Lipinski definition) is 1. The Morgan fingerprint density at radius 3 is 3.04 bits per heavy atom. The van der Waals surface area contributed by atoms with Gasteiger partial charge in [0, 0.05) is 32.3 Å². The first-order valence-corrected chi connectivity index (χ1v) is 10.7. The average Bonchev–Trinajstić information content (AvgIpc) is 3.13. The topological polar surface area (TPSA) is 63.7 Å². The molecule has 1 aromatic carbocycles. The first-order valence-electron chi connectivity index (χ1n) is 9.89. The molecule has 4 rings (SSSR count). The third-order valence-electron chi connectivity index (χ3n) is 5.29. The summed E-state index contributed by atoms with van der Waals surface area (Å²) in [4.78, 5) is 19.8. The molecule has 2 fully saturated rings. The van der Waals surface area contributed by atoms with Crippen LogP contribution in [0.4, 0.5) is 5.13 Å². The number of piperidine rings is 1. The van der Waals surface area contributed by atoms with Crippen LogP contribution in [0.3, 0.4) is 0 Å². The van der Waals surface area contributed by atoms with Crippen molar-refractivity contribution in [2.24, 2.45) is 5.92 Å². The minimum atomic E-state index is 0.0348.